The molecule has 0 amide bonds. The molecule has 2 aliphatic rings. The molecule has 3 heteroatoms. The van der Waals surface area contributed by atoms with Crippen molar-refractivity contribution in [3.05, 3.63) is 0 Å². The SMILES string of the molecule is COC1CCCC(NC2CCC(N)CC2)C1. The Morgan fingerprint density at radius 3 is 2.44 bits per heavy atom. The molecule has 2 saturated carbocycles. The molecule has 0 radical (unpaired) electrons. The fourth-order valence-corrected chi connectivity index (χ4v) is 3.13. The lowest BCUT2D eigenvalue weighted by molar-refractivity contribution is 0.0557. The molecule has 0 aromatic heterocycles. The van der Waals surface area contributed by atoms with E-state index in [0.29, 0.717) is 24.2 Å². The van der Waals surface area contributed by atoms with Gasteiger partial charge in [0.2, 0.25) is 0 Å². The minimum Gasteiger partial charge on any atom is -0.381 e. The van der Waals surface area contributed by atoms with Gasteiger partial charge in [0.05, 0.1) is 6.10 Å². The number of nitrogens with one attached hydrogen (secondary N) is 1. The third-order valence-electron chi connectivity index (χ3n) is 4.20. The fraction of sp³-hybridized carbons (Fsp3) is 1.00. The van der Waals surface area contributed by atoms with Gasteiger partial charge in [-0.2, -0.15) is 0 Å². The van der Waals surface area contributed by atoms with E-state index in [-0.39, 0.29) is 0 Å². The highest BCUT2D eigenvalue weighted by atomic mass is 16.5. The van der Waals surface area contributed by atoms with Gasteiger partial charge in [0.25, 0.3) is 0 Å². The van der Waals surface area contributed by atoms with Gasteiger partial charge in [-0.25, -0.2) is 0 Å². The van der Waals surface area contributed by atoms with Crippen molar-refractivity contribution >= 4 is 0 Å². The van der Waals surface area contributed by atoms with E-state index in [1.54, 1.807) is 0 Å². The van der Waals surface area contributed by atoms with Crippen molar-refractivity contribution in [3.63, 3.8) is 0 Å². The Hall–Kier alpha value is -0.120. The van der Waals surface area contributed by atoms with Crippen LogP contribution >= 0.6 is 0 Å². The Labute approximate surface area is 99.1 Å². The molecule has 2 rings (SSSR count). The highest BCUT2D eigenvalue weighted by molar-refractivity contribution is 4.85. The second-order valence-electron chi connectivity index (χ2n) is 5.50. The molecule has 0 aliphatic heterocycles. The van der Waals surface area contributed by atoms with Crippen LogP contribution in [0, 0.1) is 0 Å². The van der Waals surface area contributed by atoms with Crippen LogP contribution in [0.15, 0.2) is 0 Å². The summed E-state index contributed by atoms with van der Waals surface area (Å²) < 4.78 is 5.47. The van der Waals surface area contributed by atoms with Crippen molar-refractivity contribution in [3.8, 4) is 0 Å². The Balaban J connectivity index is 1.72. The van der Waals surface area contributed by atoms with E-state index in [0.717, 1.165) is 0 Å². The van der Waals surface area contributed by atoms with Crippen LogP contribution in [-0.2, 0) is 4.74 Å². The van der Waals surface area contributed by atoms with Crippen LogP contribution in [0.3, 0.4) is 0 Å². The molecule has 0 aromatic rings. The number of methoxy groups -OCH3 is 1. The topological polar surface area (TPSA) is 47.3 Å². The second kappa shape index (κ2) is 5.99. The Kier molecular flexibility index (Phi) is 4.62. The largest absolute Gasteiger partial charge is 0.381 e. The summed E-state index contributed by atoms with van der Waals surface area (Å²) >= 11 is 0. The number of ether oxygens (including phenoxy) is 1. The molecule has 2 fully saturated rings. The van der Waals surface area contributed by atoms with Crippen molar-refractivity contribution in [1.29, 1.82) is 0 Å². The summed E-state index contributed by atoms with van der Waals surface area (Å²) in [6.45, 7) is 0. The second-order valence-corrected chi connectivity index (χ2v) is 5.50. The molecule has 0 saturated heterocycles. The summed E-state index contributed by atoms with van der Waals surface area (Å²) in [7, 11) is 1.84. The van der Waals surface area contributed by atoms with Crippen LogP contribution in [-0.4, -0.2) is 31.3 Å². The van der Waals surface area contributed by atoms with Gasteiger partial charge in [0.1, 0.15) is 0 Å². The lowest BCUT2D eigenvalue weighted by Crippen LogP contribution is -2.45. The number of rotatable bonds is 3. The summed E-state index contributed by atoms with van der Waals surface area (Å²) in [6, 6.07) is 1.84. The van der Waals surface area contributed by atoms with Gasteiger partial charge in [0, 0.05) is 25.2 Å². The molecule has 16 heavy (non-hydrogen) atoms. The lowest BCUT2D eigenvalue weighted by Gasteiger charge is -2.34. The van der Waals surface area contributed by atoms with Gasteiger partial charge in [-0.05, 0) is 51.4 Å². The third kappa shape index (κ3) is 3.44. The average molecular weight is 226 g/mol. The monoisotopic (exact) mass is 226 g/mol. The van der Waals surface area contributed by atoms with Gasteiger partial charge in [-0.15, -0.1) is 0 Å². The van der Waals surface area contributed by atoms with Gasteiger partial charge >= 0.3 is 0 Å². The molecular formula is C13H26N2O. The molecule has 3 N–H and O–H groups in total. The summed E-state index contributed by atoms with van der Waals surface area (Å²) in [5, 5.41) is 3.81. The molecule has 3 nitrogen and oxygen atoms in total. The minimum absolute atomic E-state index is 0.455. The first kappa shape index (κ1) is 12.3. The highest BCUT2D eigenvalue weighted by Crippen LogP contribution is 2.24. The van der Waals surface area contributed by atoms with Crippen molar-refractivity contribution in [1.82, 2.24) is 5.32 Å². The van der Waals surface area contributed by atoms with E-state index < -0.39 is 0 Å². The average Bonchev–Trinajstić information content (AvgIpc) is 2.32. The first-order valence-corrected chi connectivity index (χ1v) is 6.82. The molecule has 2 atom stereocenters. The van der Waals surface area contributed by atoms with Crippen molar-refractivity contribution < 1.29 is 4.74 Å². The highest BCUT2D eigenvalue weighted by Gasteiger charge is 2.25. The maximum atomic E-state index is 5.93. The molecule has 0 spiro atoms. The number of hydrogen-bond acceptors (Lipinski definition) is 3. The van der Waals surface area contributed by atoms with E-state index in [9.17, 15) is 0 Å². The lowest BCUT2D eigenvalue weighted by atomic mass is 9.88. The Morgan fingerprint density at radius 2 is 1.75 bits per heavy atom. The smallest absolute Gasteiger partial charge is 0.0586 e. The first-order valence-electron chi connectivity index (χ1n) is 6.82. The number of nitrogens with two attached hydrogens (primary N) is 1. The molecule has 2 aliphatic carbocycles. The van der Waals surface area contributed by atoms with Gasteiger partial charge < -0.3 is 15.8 Å². The van der Waals surface area contributed by atoms with Crippen LogP contribution in [0.4, 0.5) is 0 Å². The van der Waals surface area contributed by atoms with Crippen LogP contribution in [0.2, 0.25) is 0 Å². The molecule has 0 heterocycles. The van der Waals surface area contributed by atoms with Crippen molar-refractivity contribution in [2.24, 2.45) is 5.73 Å². The van der Waals surface area contributed by atoms with E-state index >= 15 is 0 Å². The summed E-state index contributed by atoms with van der Waals surface area (Å²) in [5.74, 6) is 0. The third-order valence-corrected chi connectivity index (χ3v) is 4.20. The van der Waals surface area contributed by atoms with E-state index in [2.05, 4.69) is 5.32 Å². The van der Waals surface area contributed by atoms with E-state index in [1.807, 2.05) is 7.11 Å². The number of hydrogen-bond donors (Lipinski definition) is 2. The summed E-state index contributed by atoms with van der Waals surface area (Å²) in [6.07, 6.45) is 10.5. The van der Waals surface area contributed by atoms with Gasteiger partial charge in [0.15, 0.2) is 0 Å². The quantitative estimate of drug-likeness (QED) is 0.771. The normalized spacial score (nSPS) is 40.9. The molecule has 94 valence electrons. The van der Waals surface area contributed by atoms with Crippen LogP contribution in [0.25, 0.3) is 0 Å². The Bertz CT molecular complexity index is 202. The van der Waals surface area contributed by atoms with Crippen LogP contribution in [0.1, 0.15) is 51.4 Å². The Morgan fingerprint density at radius 1 is 1.00 bits per heavy atom. The van der Waals surface area contributed by atoms with Gasteiger partial charge in [-0.1, -0.05) is 0 Å². The summed E-state index contributed by atoms with van der Waals surface area (Å²) in [5.41, 5.74) is 5.93. The van der Waals surface area contributed by atoms with Crippen LogP contribution < -0.4 is 11.1 Å². The zero-order valence-electron chi connectivity index (χ0n) is 10.5. The minimum atomic E-state index is 0.455. The maximum absolute atomic E-state index is 5.93. The maximum Gasteiger partial charge on any atom is 0.0586 e. The first-order chi connectivity index (χ1) is 7.78. The predicted molar refractivity (Wildman–Crippen MR) is 66.4 cm³/mol. The van der Waals surface area contributed by atoms with Crippen molar-refractivity contribution in [2.45, 2.75) is 75.6 Å². The summed E-state index contributed by atoms with van der Waals surface area (Å²) in [4.78, 5) is 0. The zero-order valence-corrected chi connectivity index (χ0v) is 10.5. The molecule has 2 unspecified atom stereocenters. The van der Waals surface area contributed by atoms with E-state index in [1.165, 1.54) is 51.4 Å². The van der Waals surface area contributed by atoms with Gasteiger partial charge in [-0.3, -0.25) is 0 Å². The molecule has 0 aromatic carbocycles. The molecule has 0 bridgehead atoms. The standard InChI is InChI=1S/C13H26N2O/c1-16-13-4-2-3-12(9-13)15-11-7-5-10(14)6-8-11/h10-13,15H,2-9,14H2,1H3. The fourth-order valence-electron chi connectivity index (χ4n) is 3.13. The van der Waals surface area contributed by atoms with E-state index in [4.69, 9.17) is 10.5 Å². The molecular weight excluding hydrogens is 200 g/mol. The van der Waals surface area contributed by atoms with Crippen molar-refractivity contribution in [2.75, 3.05) is 7.11 Å². The van der Waals surface area contributed by atoms with Crippen LogP contribution in [0.5, 0.6) is 0 Å². The zero-order chi connectivity index (χ0) is 11.4. The predicted octanol–water partition coefficient (Wildman–Crippen LogP) is 1.80.